The summed E-state index contributed by atoms with van der Waals surface area (Å²) in [5.41, 5.74) is 1.68. The van der Waals surface area contributed by atoms with E-state index in [9.17, 15) is 0 Å². The largest absolute Gasteiger partial charge is 0.236 e. The Bertz CT molecular complexity index is 460. The van der Waals surface area contributed by atoms with Crippen molar-refractivity contribution in [1.82, 2.24) is 0 Å². The smallest absolute Gasteiger partial charge is 0.168 e. The Hall–Kier alpha value is -1.37. The molecule has 0 amide bonds. The third-order valence-electron chi connectivity index (χ3n) is 4.88. The molecule has 0 spiro atoms. The minimum Gasteiger partial charge on any atom is -0.236 e. The lowest BCUT2D eigenvalue weighted by atomic mass is 9.85. The van der Waals surface area contributed by atoms with E-state index in [0.29, 0.717) is 5.54 Å². The lowest BCUT2D eigenvalue weighted by molar-refractivity contribution is -0.581. The fourth-order valence-electron chi connectivity index (χ4n) is 3.85. The average molecular weight is 240 g/mol. The van der Waals surface area contributed by atoms with Gasteiger partial charge in [-0.25, -0.2) is 4.58 Å². The molecule has 1 aromatic rings. The summed E-state index contributed by atoms with van der Waals surface area (Å²) in [7, 11) is 0. The van der Waals surface area contributed by atoms with E-state index in [2.05, 4.69) is 53.8 Å². The average Bonchev–Trinajstić information content (AvgIpc) is 2.93. The van der Waals surface area contributed by atoms with E-state index in [0.717, 1.165) is 12.3 Å². The molecule has 2 aliphatic rings. The van der Waals surface area contributed by atoms with Gasteiger partial charge in [0.05, 0.1) is 0 Å². The van der Waals surface area contributed by atoms with E-state index >= 15 is 0 Å². The molecule has 94 valence electrons. The first kappa shape index (κ1) is 11.7. The van der Waals surface area contributed by atoms with Crippen LogP contribution < -0.4 is 0 Å². The Labute approximate surface area is 110 Å². The molecule has 2 atom stereocenters. The Morgan fingerprint density at radius 2 is 2.11 bits per heavy atom. The number of fused-ring (bicyclic) bond motifs is 1. The Kier molecular flexibility index (Phi) is 3.07. The van der Waals surface area contributed by atoms with Gasteiger partial charge in [0.1, 0.15) is 13.3 Å². The molecule has 0 N–H and O–H groups in total. The van der Waals surface area contributed by atoms with Crippen LogP contribution in [0, 0.1) is 5.92 Å². The zero-order valence-electron chi connectivity index (χ0n) is 11.0. The summed E-state index contributed by atoms with van der Waals surface area (Å²) in [6.07, 6.45) is 11.3. The van der Waals surface area contributed by atoms with Crippen molar-refractivity contribution in [3.05, 3.63) is 42.0 Å². The summed E-state index contributed by atoms with van der Waals surface area (Å²) in [6.45, 7) is 5.46. The first-order valence-corrected chi connectivity index (χ1v) is 7.11. The standard InChI is InChI=1S/C17H22N/c1-18-14-11-16-10-6-13-17(16,18)12-5-9-15-7-3-2-4-8-15/h2-5,7-9,16H,1,6,10-14H2/q+1/b9-5+/t16-,17-/m1/s1. The number of rotatable bonds is 3. The molecule has 18 heavy (non-hydrogen) atoms. The first-order chi connectivity index (χ1) is 8.81. The third kappa shape index (κ3) is 1.92. The van der Waals surface area contributed by atoms with Gasteiger partial charge in [-0.15, -0.1) is 0 Å². The second-order valence-electron chi connectivity index (χ2n) is 5.76. The minimum atomic E-state index is 0.380. The second kappa shape index (κ2) is 4.72. The van der Waals surface area contributed by atoms with Crippen molar-refractivity contribution in [2.45, 2.75) is 37.6 Å². The normalized spacial score (nSPS) is 31.1. The van der Waals surface area contributed by atoms with Crippen LogP contribution in [0.3, 0.4) is 0 Å². The summed E-state index contributed by atoms with van der Waals surface area (Å²) in [6, 6.07) is 10.6. The molecule has 1 aliphatic heterocycles. The first-order valence-electron chi connectivity index (χ1n) is 7.11. The second-order valence-corrected chi connectivity index (χ2v) is 5.76. The van der Waals surface area contributed by atoms with Gasteiger partial charge in [-0.2, -0.15) is 0 Å². The monoisotopic (exact) mass is 240 g/mol. The quantitative estimate of drug-likeness (QED) is 0.708. The zero-order valence-corrected chi connectivity index (χ0v) is 11.0. The maximum absolute atomic E-state index is 4.28. The number of benzene rings is 1. The van der Waals surface area contributed by atoms with Gasteiger partial charge >= 0.3 is 0 Å². The molecular weight excluding hydrogens is 218 g/mol. The van der Waals surface area contributed by atoms with Crippen molar-refractivity contribution in [3.8, 4) is 0 Å². The van der Waals surface area contributed by atoms with E-state index in [4.69, 9.17) is 0 Å². The molecule has 1 heterocycles. The Morgan fingerprint density at radius 1 is 1.28 bits per heavy atom. The zero-order chi connectivity index (χ0) is 12.4. The Balaban J connectivity index is 1.72. The topological polar surface area (TPSA) is 3.01 Å². The van der Waals surface area contributed by atoms with Crippen LogP contribution in [0.1, 0.15) is 37.7 Å². The molecule has 0 radical (unpaired) electrons. The summed E-state index contributed by atoms with van der Waals surface area (Å²) < 4.78 is 2.38. The van der Waals surface area contributed by atoms with Gasteiger partial charge in [-0.05, 0) is 18.4 Å². The highest BCUT2D eigenvalue weighted by atomic mass is 15.1. The van der Waals surface area contributed by atoms with Crippen LogP contribution in [0.5, 0.6) is 0 Å². The molecule has 1 aliphatic carbocycles. The molecule has 0 bridgehead atoms. The Morgan fingerprint density at radius 3 is 2.94 bits per heavy atom. The fourth-order valence-corrected chi connectivity index (χ4v) is 3.85. The van der Waals surface area contributed by atoms with E-state index in [-0.39, 0.29) is 0 Å². The van der Waals surface area contributed by atoms with Gasteiger partial charge in [0.2, 0.25) is 0 Å². The van der Waals surface area contributed by atoms with Crippen molar-refractivity contribution in [1.29, 1.82) is 0 Å². The summed E-state index contributed by atoms with van der Waals surface area (Å²) in [5.74, 6) is 0.885. The number of nitrogens with zero attached hydrogens (tertiary/aromatic N) is 1. The van der Waals surface area contributed by atoms with Gasteiger partial charge in [-0.3, -0.25) is 0 Å². The van der Waals surface area contributed by atoms with Crippen molar-refractivity contribution in [2.24, 2.45) is 5.92 Å². The van der Waals surface area contributed by atoms with Crippen molar-refractivity contribution in [3.63, 3.8) is 0 Å². The predicted octanol–water partition coefficient (Wildman–Crippen LogP) is 3.75. The highest BCUT2D eigenvalue weighted by Gasteiger charge is 2.54. The van der Waals surface area contributed by atoms with Crippen LogP contribution >= 0.6 is 0 Å². The molecule has 1 heteroatoms. The van der Waals surface area contributed by atoms with Crippen LogP contribution in [0.4, 0.5) is 0 Å². The van der Waals surface area contributed by atoms with E-state index < -0.39 is 0 Å². The van der Waals surface area contributed by atoms with Gasteiger partial charge in [0.25, 0.3) is 0 Å². The molecule has 3 rings (SSSR count). The summed E-state index contributed by atoms with van der Waals surface area (Å²) >= 11 is 0. The molecule has 1 aromatic carbocycles. The van der Waals surface area contributed by atoms with E-state index in [1.807, 2.05) is 0 Å². The molecule has 1 saturated carbocycles. The highest BCUT2D eigenvalue weighted by molar-refractivity contribution is 5.48. The molecule has 1 nitrogen and oxygen atoms in total. The number of hydrogen-bond acceptors (Lipinski definition) is 0. The SMILES string of the molecule is C=[N+]1CC[C@H]2CCC[C@]21C/C=C/c1ccccc1. The summed E-state index contributed by atoms with van der Waals surface area (Å²) in [4.78, 5) is 0. The molecule has 2 fully saturated rings. The van der Waals surface area contributed by atoms with Crippen LogP contribution in [0.2, 0.25) is 0 Å². The van der Waals surface area contributed by atoms with Gasteiger partial charge in [-0.1, -0.05) is 42.5 Å². The fraction of sp³-hybridized carbons (Fsp3) is 0.471. The van der Waals surface area contributed by atoms with Crippen molar-refractivity contribution < 1.29 is 4.58 Å². The molecule has 0 unspecified atom stereocenters. The van der Waals surface area contributed by atoms with Crippen molar-refractivity contribution in [2.75, 3.05) is 6.54 Å². The van der Waals surface area contributed by atoms with Gasteiger partial charge in [0.15, 0.2) is 5.54 Å². The molecular formula is C17H22N+. The van der Waals surface area contributed by atoms with E-state index in [1.54, 1.807) is 0 Å². The minimum absolute atomic E-state index is 0.380. The van der Waals surface area contributed by atoms with Gasteiger partial charge in [0, 0.05) is 25.2 Å². The third-order valence-corrected chi connectivity index (χ3v) is 4.88. The van der Waals surface area contributed by atoms with Crippen LogP contribution in [0.15, 0.2) is 36.4 Å². The maximum atomic E-state index is 4.28. The highest BCUT2D eigenvalue weighted by Crippen LogP contribution is 2.47. The van der Waals surface area contributed by atoms with Crippen molar-refractivity contribution >= 4 is 12.8 Å². The van der Waals surface area contributed by atoms with Crippen LogP contribution in [0.25, 0.3) is 6.08 Å². The van der Waals surface area contributed by atoms with E-state index in [1.165, 1.54) is 37.8 Å². The lowest BCUT2D eigenvalue weighted by Gasteiger charge is -2.23. The lowest BCUT2D eigenvalue weighted by Crippen LogP contribution is -2.37. The van der Waals surface area contributed by atoms with Gasteiger partial charge < -0.3 is 0 Å². The molecule has 0 aromatic heterocycles. The maximum Gasteiger partial charge on any atom is 0.168 e. The summed E-state index contributed by atoms with van der Waals surface area (Å²) in [5, 5.41) is 0. The number of hydrogen-bond donors (Lipinski definition) is 0. The molecule has 1 saturated heterocycles. The van der Waals surface area contributed by atoms with Crippen LogP contribution in [-0.2, 0) is 0 Å². The predicted molar refractivity (Wildman–Crippen MR) is 77.0 cm³/mol. The van der Waals surface area contributed by atoms with Crippen LogP contribution in [-0.4, -0.2) is 23.4 Å².